The van der Waals surface area contributed by atoms with E-state index in [1.165, 1.54) is 50.1 Å². The Morgan fingerprint density at radius 3 is 2.36 bits per heavy atom. The predicted octanol–water partition coefficient (Wildman–Crippen LogP) is 4.11. The molecule has 1 fully saturated rings. The van der Waals surface area contributed by atoms with Crippen molar-refractivity contribution in [3.8, 4) is 11.4 Å². The van der Waals surface area contributed by atoms with E-state index in [1.54, 1.807) is 18.2 Å². The first-order chi connectivity index (χ1) is 17.1. The van der Waals surface area contributed by atoms with Gasteiger partial charge >= 0.3 is 6.03 Å². The molecule has 4 amide bonds. The molecule has 184 valence electrons. The van der Waals surface area contributed by atoms with E-state index in [1.807, 2.05) is 17.6 Å². The van der Waals surface area contributed by atoms with Crippen LogP contribution in [0.5, 0.6) is 0 Å². The normalized spacial score (nSPS) is 14.0. The zero-order valence-electron chi connectivity index (χ0n) is 19.3. The molecular formula is C23H19ClN6O5S. The van der Waals surface area contributed by atoms with E-state index in [9.17, 15) is 24.5 Å². The van der Waals surface area contributed by atoms with Gasteiger partial charge in [-0.05, 0) is 48.5 Å². The summed E-state index contributed by atoms with van der Waals surface area (Å²) in [6.45, 7) is 2.44. The second-order valence-corrected chi connectivity index (χ2v) is 9.16. The van der Waals surface area contributed by atoms with E-state index < -0.39 is 22.8 Å². The van der Waals surface area contributed by atoms with Gasteiger partial charge in [-0.3, -0.25) is 29.5 Å². The number of non-ortho nitro benzene ring substituents is 1. The monoisotopic (exact) mass is 526 g/mol. The zero-order valence-corrected chi connectivity index (χ0v) is 20.9. The lowest BCUT2D eigenvalue weighted by atomic mass is 10.1. The Morgan fingerprint density at radius 2 is 1.75 bits per heavy atom. The fourth-order valence-corrected chi connectivity index (χ4v) is 4.74. The van der Waals surface area contributed by atoms with E-state index in [-0.39, 0.29) is 16.8 Å². The summed E-state index contributed by atoms with van der Waals surface area (Å²) in [4.78, 5) is 50.4. The Balaban J connectivity index is 1.80. The number of rotatable bonds is 6. The number of imide groups is 2. The van der Waals surface area contributed by atoms with Gasteiger partial charge in [0.05, 0.1) is 4.92 Å². The molecule has 0 N–H and O–H groups in total. The number of nitro benzene ring substituents is 1. The second kappa shape index (κ2) is 9.91. The summed E-state index contributed by atoms with van der Waals surface area (Å²) >= 11 is 7.30. The number of halogens is 1. The number of amides is 4. The molecule has 13 heteroatoms. The number of carbonyl (C=O) groups is 3. The number of carbonyl (C=O) groups excluding carboxylic acids is 3. The van der Waals surface area contributed by atoms with Crippen LogP contribution in [-0.2, 0) is 16.1 Å². The average molecular weight is 527 g/mol. The summed E-state index contributed by atoms with van der Waals surface area (Å²) in [6, 6.07) is 10.5. The number of benzene rings is 2. The maximum atomic E-state index is 12.7. The van der Waals surface area contributed by atoms with Crippen LogP contribution in [0.15, 0.2) is 58.1 Å². The van der Waals surface area contributed by atoms with Gasteiger partial charge in [-0.2, -0.15) is 0 Å². The number of likely N-dealkylation sites (N-methyl/N-ethyl adjacent to an activating group) is 2. The van der Waals surface area contributed by atoms with Gasteiger partial charge in [0.25, 0.3) is 17.5 Å². The third-order valence-corrected chi connectivity index (χ3v) is 6.78. The third kappa shape index (κ3) is 4.60. The highest BCUT2D eigenvalue weighted by molar-refractivity contribution is 7.99. The number of hydrogen-bond acceptors (Lipinski definition) is 8. The Hall–Kier alpha value is -4.03. The molecule has 4 rings (SSSR count). The summed E-state index contributed by atoms with van der Waals surface area (Å²) in [5.74, 6) is -1.01. The van der Waals surface area contributed by atoms with Crippen LogP contribution < -0.4 is 0 Å². The summed E-state index contributed by atoms with van der Waals surface area (Å²) in [6.07, 6.45) is 1.25. The standard InChI is InChI=1S/C23H19ClN6O5S/c1-4-29-19(13-6-5-7-15(24)10-13)25-26-22(29)36-18-9-8-16(30(34)35)11-14(18)12-17-20(31)27(2)23(33)28(3)21(17)32/h5-12H,4H2,1-3H3. The van der Waals surface area contributed by atoms with Gasteiger partial charge in [0.1, 0.15) is 5.57 Å². The minimum atomic E-state index is -0.800. The Morgan fingerprint density at radius 1 is 1.06 bits per heavy atom. The third-order valence-electron chi connectivity index (χ3n) is 5.47. The minimum Gasteiger partial charge on any atom is -0.302 e. The number of nitrogens with zero attached hydrogens (tertiary/aromatic N) is 6. The first-order valence-corrected chi connectivity index (χ1v) is 11.8. The Bertz CT molecular complexity index is 1430. The van der Waals surface area contributed by atoms with E-state index >= 15 is 0 Å². The van der Waals surface area contributed by atoms with Crippen molar-refractivity contribution in [2.45, 2.75) is 23.5 Å². The molecule has 0 aliphatic carbocycles. The van der Waals surface area contributed by atoms with Crippen LogP contribution in [0.2, 0.25) is 5.02 Å². The largest absolute Gasteiger partial charge is 0.333 e. The summed E-state index contributed by atoms with van der Waals surface area (Å²) in [5, 5.41) is 21.0. The van der Waals surface area contributed by atoms with Crippen molar-refractivity contribution in [1.29, 1.82) is 0 Å². The SMILES string of the molecule is CCn1c(Sc2ccc([N+](=O)[O-])cc2C=C2C(=O)N(C)C(=O)N(C)C2=O)nnc1-c1cccc(Cl)c1. The van der Waals surface area contributed by atoms with Gasteiger partial charge in [0, 0.05) is 48.3 Å². The molecule has 0 unspecified atom stereocenters. The van der Waals surface area contributed by atoms with Crippen molar-refractivity contribution in [3.05, 3.63) is 68.7 Å². The number of aromatic nitrogens is 3. The van der Waals surface area contributed by atoms with Crippen molar-refractivity contribution < 1.29 is 19.3 Å². The summed E-state index contributed by atoms with van der Waals surface area (Å²) < 4.78 is 1.85. The molecule has 0 radical (unpaired) electrons. The zero-order chi connectivity index (χ0) is 26.1. The molecule has 2 aromatic carbocycles. The molecule has 3 aromatic rings. The first-order valence-electron chi connectivity index (χ1n) is 10.6. The van der Waals surface area contributed by atoms with Crippen LogP contribution in [-0.4, -0.2) is 61.4 Å². The fraction of sp³-hybridized carbons (Fsp3) is 0.174. The predicted molar refractivity (Wildman–Crippen MR) is 132 cm³/mol. The molecule has 0 saturated carbocycles. The molecule has 36 heavy (non-hydrogen) atoms. The summed E-state index contributed by atoms with van der Waals surface area (Å²) in [7, 11) is 2.51. The number of urea groups is 1. The molecule has 1 aromatic heterocycles. The topological polar surface area (TPSA) is 132 Å². The van der Waals surface area contributed by atoms with Gasteiger partial charge in [-0.1, -0.05) is 23.7 Å². The average Bonchev–Trinajstić information content (AvgIpc) is 3.27. The van der Waals surface area contributed by atoms with Crippen LogP contribution in [0, 0.1) is 10.1 Å². The van der Waals surface area contributed by atoms with E-state index in [0.717, 1.165) is 15.4 Å². The van der Waals surface area contributed by atoms with Gasteiger partial charge in [0.2, 0.25) is 0 Å². The quantitative estimate of drug-likeness (QED) is 0.203. The Kier molecular flexibility index (Phi) is 6.91. The van der Waals surface area contributed by atoms with E-state index in [2.05, 4.69) is 10.2 Å². The van der Waals surface area contributed by atoms with Gasteiger partial charge in [-0.15, -0.1) is 10.2 Å². The highest BCUT2D eigenvalue weighted by Crippen LogP contribution is 2.35. The van der Waals surface area contributed by atoms with Crippen molar-refractivity contribution in [2.75, 3.05) is 14.1 Å². The van der Waals surface area contributed by atoms with Crippen molar-refractivity contribution in [2.24, 2.45) is 0 Å². The molecule has 0 bridgehead atoms. The van der Waals surface area contributed by atoms with Crippen molar-refractivity contribution >= 4 is 53.0 Å². The van der Waals surface area contributed by atoms with Gasteiger partial charge < -0.3 is 4.57 Å². The lowest BCUT2D eigenvalue weighted by molar-refractivity contribution is -0.384. The van der Waals surface area contributed by atoms with Crippen LogP contribution in [0.3, 0.4) is 0 Å². The highest BCUT2D eigenvalue weighted by Gasteiger charge is 2.38. The van der Waals surface area contributed by atoms with Crippen LogP contribution in [0.1, 0.15) is 12.5 Å². The number of barbiturate groups is 1. The second-order valence-electron chi connectivity index (χ2n) is 7.71. The molecule has 0 spiro atoms. The van der Waals surface area contributed by atoms with Crippen LogP contribution in [0.4, 0.5) is 10.5 Å². The van der Waals surface area contributed by atoms with Crippen molar-refractivity contribution in [1.82, 2.24) is 24.6 Å². The number of nitro groups is 1. The lowest BCUT2D eigenvalue weighted by Crippen LogP contribution is -2.52. The highest BCUT2D eigenvalue weighted by atomic mass is 35.5. The number of hydrogen-bond donors (Lipinski definition) is 0. The molecule has 2 heterocycles. The van der Waals surface area contributed by atoms with Crippen LogP contribution in [0.25, 0.3) is 17.5 Å². The molecule has 11 nitrogen and oxygen atoms in total. The summed E-state index contributed by atoms with van der Waals surface area (Å²) in [5.41, 5.74) is 0.496. The maximum Gasteiger partial charge on any atom is 0.333 e. The molecular weight excluding hydrogens is 508 g/mol. The van der Waals surface area contributed by atoms with E-state index in [0.29, 0.717) is 27.4 Å². The van der Waals surface area contributed by atoms with Gasteiger partial charge in [0.15, 0.2) is 11.0 Å². The maximum absolute atomic E-state index is 12.7. The van der Waals surface area contributed by atoms with E-state index in [4.69, 9.17) is 11.6 Å². The van der Waals surface area contributed by atoms with Crippen LogP contribution >= 0.6 is 23.4 Å². The van der Waals surface area contributed by atoms with Crippen molar-refractivity contribution in [3.63, 3.8) is 0 Å². The van der Waals surface area contributed by atoms with Gasteiger partial charge in [-0.25, -0.2) is 4.79 Å². The molecule has 0 atom stereocenters. The first kappa shape index (κ1) is 25.1. The minimum absolute atomic E-state index is 0.226. The molecule has 1 aliphatic rings. The smallest absolute Gasteiger partial charge is 0.302 e. The molecule has 1 saturated heterocycles. The lowest BCUT2D eigenvalue weighted by Gasteiger charge is -2.28. The Labute approximate surface area is 214 Å². The fourth-order valence-electron chi connectivity index (χ4n) is 3.57. The molecule has 1 aliphatic heterocycles.